The molecule has 4 aliphatic carbocycles. The third-order valence-corrected chi connectivity index (χ3v) is 11.4. The van der Waals surface area contributed by atoms with Gasteiger partial charge < -0.3 is 4.57 Å². The molecule has 48 heavy (non-hydrogen) atoms. The lowest BCUT2D eigenvalue weighted by atomic mass is 9.61. The smallest absolute Gasteiger partial charge is 0.0710 e. The Kier molecular flexibility index (Phi) is 5.21. The molecule has 0 amide bonds. The van der Waals surface area contributed by atoms with Crippen LogP contribution in [0.3, 0.4) is 0 Å². The van der Waals surface area contributed by atoms with Crippen LogP contribution in [0.4, 0.5) is 0 Å². The fourth-order valence-electron chi connectivity index (χ4n) is 9.68. The van der Waals surface area contributed by atoms with E-state index in [9.17, 15) is 0 Å². The summed E-state index contributed by atoms with van der Waals surface area (Å²) in [5.74, 6) is 0.508. The summed E-state index contributed by atoms with van der Waals surface area (Å²) in [6, 6.07) is 53.7. The summed E-state index contributed by atoms with van der Waals surface area (Å²) in [5, 5.41) is 2.67. The Labute approximate surface area is 280 Å². The molecule has 0 saturated heterocycles. The molecule has 2 unspecified atom stereocenters. The van der Waals surface area contributed by atoms with Crippen LogP contribution in [-0.4, -0.2) is 4.57 Å². The van der Waals surface area contributed by atoms with Gasteiger partial charge in [0.05, 0.1) is 16.4 Å². The van der Waals surface area contributed by atoms with Crippen LogP contribution in [0.2, 0.25) is 0 Å². The highest BCUT2D eigenvalue weighted by molar-refractivity contribution is 6.15. The van der Waals surface area contributed by atoms with Gasteiger partial charge in [-0.1, -0.05) is 152 Å². The average molecular weight is 610 g/mol. The van der Waals surface area contributed by atoms with E-state index in [4.69, 9.17) is 0 Å². The Morgan fingerprint density at radius 1 is 0.583 bits per heavy atom. The molecule has 0 aliphatic heterocycles. The van der Waals surface area contributed by atoms with E-state index in [0.717, 1.165) is 0 Å². The summed E-state index contributed by atoms with van der Waals surface area (Å²) >= 11 is 0. The third kappa shape index (κ3) is 3.21. The Hall–Kier alpha value is -5.92. The van der Waals surface area contributed by atoms with Crippen LogP contribution in [0.1, 0.15) is 44.9 Å². The maximum absolute atomic E-state index is 2.57. The first-order chi connectivity index (χ1) is 23.8. The molecular weight excluding hydrogens is 579 g/mol. The molecule has 1 aromatic heterocycles. The Bertz CT molecular complexity index is 2550. The molecule has 0 saturated carbocycles. The summed E-state index contributed by atoms with van der Waals surface area (Å²) in [6.07, 6.45) is 12.4. The number of hydrogen-bond donors (Lipinski definition) is 0. The number of benzene rings is 6. The molecule has 224 valence electrons. The van der Waals surface area contributed by atoms with E-state index < -0.39 is 0 Å². The van der Waals surface area contributed by atoms with Gasteiger partial charge in [-0.25, -0.2) is 0 Å². The van der Waals surface area contributed by atoms with Crippen molar-refractivity contribution in [3.8, 4) is 5.69 Å². The largest absolute Gasteiger partial charge is 0.309 e. The molecule has 0 fully saturated rings. The normalized spacial score (nSPS) is 19.3. The van der Waals surface area contributed by atoms with E-state index >= 15 is 0 Å². The van der Waals surface area contributed by atoms with Crippen molar-refractivity contribution >= 4 is 39.5 Å². The molecule has 7 aromatic rings. The molecule has 1 nitrogen and oxygen atoms in total. The van der Waals surface area contributed by atoms with Gasteiger partial charge in [0.2, 0.25) is 0 Å². The van der Waals surface area contributed by atoms with Crippen molar-refractivity contribution in [3.05, 3.63) is 214 Å². The van der Waals surface area contributed by atoms with Crippen LogP contribution in [0, 0.1) is 5.92 Å². The second kappa shape index (κ2) is 9.56. The predicted octanol–water partition coefficient (Wildman–Crippen LogP) is 11.3. The number of hydrogen-bond acceptors (Lipinski definition) is 0. The quantitative estimate of drug-likeness (QED) is 0.188. The van der Waals surface area contributed by atoms with Crippen LogP contribution >= 0.6 is 0 Å². The lowest BCUT2D eigenvalue weighted by Crippen LogP contribution is -2.31. The lowest BCUT2D eigenvalue weighted by Gasteiger charge is -2.41. The van der Waals surface area contributed by atoms with Crippen molar-refractivity contribution in [1.82, 2.24) is 4.57 Å². The highest BCUT2D eigenvalue weighted by Crippen LogP contribution is 2.63. The van der Waals surface area contributed by atoms with Gasteiger partial charge >= 0.3 is 0 Å². The topological polar surface area (TPSA) is 4.93 Å². The third-order valence-electron chi connectivity index (χ3n) is 11.4. The van der Waals surface area contributed by atoms with Crippen molar-refractivity contribution in [3.63, 3.8) is 0 Å². The van der Waals surface area contributed by atoms with E-state index in [1.54, 1.807) is 0 Å². The van der Waals surface area contributed by atoms with Gasteiger partial charge in [-0.05, 0) is 79.9 Å². The number of para-hydroxylation sites is 2. The van der Waals surface area contributed by atoms with Crippen LogP contribution in [0.25, 0.3) is 45.2 Å². The summed E-state index contributed by atoms with van der Waals surface area (Å²) in [7, 11) is 0. The number of fused-ring (bicyclic) bond motifs is 7. The molecule has 11 rings (SSSR count). The van der Waals surface area contributed by atoms with Gasteiger partial charge in [0.25, 0.3) is 0 Å². The second-order valence-electron chi connectivity index (χ2n) is 13.6. The highest BCUT2D eigenvalue weighted by Gasteiger charge is 2.52. The summed E-state index contributed by atoms with van der Waals surface area (Å²) < 4.78 is 2.45. The molecule has 4 aliphatic rings. The standard InChI is InChI=1S/C47H31N/c1-4-14-32(15-5-1)47(33-16-6-2-7-17-33)39-22-12-10-20-35(39)45-37-26-25-31-29-42-46(38-27-24-30(28-40(45)47)43(37)44(31)38)36-21-11-13-23-41(36)48(42)34-18-8-3-9-19-34/h1-29,37,43H. The maximum atomic E-state index is 2.57. The van der Waals surface area contributed by atoms with Gasteiger partial charge in [-0.2, -0.15) is 0 Å². The van der Waals surface area contributed by atoms with E-state index in [2.05, 4.69) is 181 Å². The molecule has 0 N–H and O–H groups in total. The van der Waals surface area contributed by atoms with Gasteiger partial charge in [-0.15, -0.1) is 0 Å². The first-order valence-electron chi connectivity index (χ1n) is 17.0. The van der Waals surface area contributed by atoms with Crippen molar-refractivity contribution in [2.75, 3.05) is 0 Å². The minimum atomic E-state index is -0.387. The van der Waals surface area contributed by atoms with Crippen LogP contribution < -0.4 is 0 Å². The van der Waals surface area contributed by atoms with Crippen molar-refractivity contribution in [2.45, 2.75) is 11.3 Å². The number of rotatable bonds is 3. The number of aromatic nitrogens is 1. The summed E-state index contributed by atoms with van der Waals surface area (Å²) in [6.45, 7) is 0. The molecule has 0 radical (unpaired) electrons. The second-order valence-corrected chi connectivity index (χ2v) is 13.6. The minimum Gasteiger partial charge on any atom is -0.309 e. The SMILES string of the molecule is C1=Cc2c3c(cc4c2c2ccccc2n4-c2ccccc2)C=CC2C4=C(C=C1C32)C(c1ccccc1)(c1ccccc1)c1ccccc14. The Balaban J connectivity index is 1.21. The fourth-order valence-corrected chi connectivity index (χ4v) is 9.68. The number of nitrogens with zero attached hydrogens (tertiary/aromatic N) is 1. The van der Waals surface area contributed by atoms with Crippen LogP contribution in [-0.2, 0) is 5.41 Å². The lowest BCUT2D eigenvalue weighted by molar-refractivity contribution is 0.666. The molecule has 1 heterocycles. The molecule has 2 atom stereocenters. The summed E-state index contributed by atoms with van der Waals surface area (Å²) in [4.78, 5) is 0. The van der Waals surface area contributed by atoms with Crippen molar-refractivity contribution in [1.29, 1.82) is 0 Å². The highest BCUT2D eigenvalue weighted by atomic mass is 15.0. The Morgan fingerprint density at radius 3 is 2.02 bits per heavy atom. The molecule has 1 heteroatoms. The molecule has 0 bridgehead atoms. The van der Waals surface area contributed by atoms with Crippen LogP contribution in [0.5, 0.6) is 0 Å². The predicted molar refractivity (Wildman–Crippen MR) is 199 cm³/mol. The maximum Gasteiger partial charge on any atom is 0.0710 e. The van der Waals surface area contributed by atoms with E-state index in [-0.39, 0.29) is 17.3 Å². The monoisotopic (exact) mass is 609 g/mol. The van der Waals surface area contributed by atoms with Crippen molar-refractivity contribution < 1.29 is 0 Å². The molecular formula is C47H31N. The van der Waals surface area contributed by atoms with Gasteiger partial charge in [0.1, 0.15) is 0 Å². The zero-order valence-electron chi connectivity index (χ0n) is 26.3. The average Bonchev–Trinajstić information content (AvgIpc) is 3.65. The van der Waals surface area contributed by atoms with Gasteiger partial charge in [0, 0.05) is 28.3 Å². The van der Waals surface area contributed by atoms with Crippen LogP contribution in [0.15, 0.2) is 175 Å². The first-order valence-corrected chi connectivity index (χ1v) is 17.0. The van der Waals surface area contributed by atoms with E-state index in [1.165, 1.54) is 83.2 Å². The zero-order chi connectivity index (χ0) is 31.4. The molecule has 0 spiro atoms. The number of allylic oxidation sites excluding steroid dienone is 6. The fraction of sp³-hybridized carbons (Fsp3) is 0.0638. The minimum absolute atomic E-state index is 0.242. The molecule has 6 aromatic carbocycles. The Morgan fingerprint density at radius 2 is 1.25 bits per heavy atom. The van der Waals surface area contributed by atoms with E-state index in [0.29, 0.717) is 0 Å². The first kappa shape index (κ1) is 26.2. The van der Waals surface area contributed by atoms with Crippen molar-refractivity contribution in [2.24, 2.45) is 5.92 Å². The van der Waals surface area contributed by atoms with Gasteiger partial charge in [0.15, 0.2) is 0 Å². The van der Waals surface area contributed by atoms with E-state index in [1.807, 2.05) is 0 Å². The summed E-state index contributed by atoms with van der Waals surface area (Å²) in [5.41, 5.74) is 17.2. The van der Waals surface area contributed by atoms with Gasteiger partial charge in [-0.3, -0.25) is 0 Å². The zero-order valence-corrected chi connectivity index (χ0v) is 26.3.